The topological polar surface area (TPSA) is 29.9 Å². The van der Waals surface area contributed by atoms with Crippen molar-refractivity contribution in [1.82, 2.24) is 15.1 Å². The Morgan fingerprint density at radius 3 is 2.93 bits per heavy atom. The summed E-state index contributed by atoms with van der Waals surface area (Å²) in [5.41, 5.74) is 1.18. The summed E-state index contributed by atoms with van der Waals surface area (Å²) in [5, 5.41) is 7.77. The minimum Gasteiger partial charge on any atom is -0.312 e. The molecule has 0 radical (unpaired) electrons. The number of nitrogens with one attached hydrogen (secondary N) is 1. The molecule has 2 rings (SSSR count). The average Bonchev–Trinajstić information content (AvgIpc) is 2.90. The second-order valence-corrected chi connectivity index (χ2v) is 4.28. The first-order valence-electron chi connectivity index (χ1n) is 5.46. The quantitative estimate of drug-likeness (QED) is 0.773. The van der Waals surface area contributed by atoms with Crippen molar-refractivity contribution >= 4 is 0 Å². The largest absolute Gasteiger partial charge is 0.312 e. The van der Waals surface area contributed by atoms with Gasteiger partial charge in [-0.15, -0.1) is 0 Å². The van der Waals surface area contributed by atoms with Gasteiger partial charge in [0.15, 0.2) is 0 Å². The molecule has 1 unspecified atom stereocenters. The van der Waals surface area contributed by atoms with Crippen LogP contribution in [-0.4, -0.2) is 16.8 Å². The zero-order valence-corrected chi connectivity index (χ0v) is 9.03. The number of aryl methyl sites for hydroxylation is 1. The summed E-state index contributed by atoms with van der Waals surface area (Å²) in [6.45, 7) is 0. The van der Waals surface area contributed by atoms with Gasteiger partial charge in [-0.1, -0.05) is 12.8 Å². The summed E-state index contributed by atoms with van der Waals surface area (Å²) in [4.78, 5) is 0. The second-order valence-electron chi connectivity index (χ2n) is 4.28. The molecule has 0 aliphatic heterocycles. The van der Waals surface area contributed by atoms with Crippen LogP contribution in [0.2, 0.25) is 0 Å². The van der Waals surface area contributed by atoms with Crippen molar-refractivity contribution in [3.05, 3.63) is 18.0 Å². The van der Waals surface area contributed by atoms with Crippen LogP contribution >= 0.6 is 0 Å². The van der Waals surface area contributed by atoms with E-state index in [1.54, 1.807) is 0 Å². The van der Waals surface area contributed by atoms with Crippen molar-refractivity contribution < 1.29 is 0 Å². The first-order chi connectivity index (χ1) is 6.79. The minimum absolute atomic E-state index is 0.441. The monoisotopic (exact) mass is 193 g/mol. The summed E-state index contributed by atoms with van der Waals surface area (Å²) >= 11 is 0. The molecular formula is C11H19N3. The third-order valence-electron chi connectivity index (χ3n) is 3.00. The maximum absolute atomic E-state index is 4.43. The van der Waals surface area contributed by atoms with E-state index in [1.807, 2.05) is 25.0 Å². The van der Waals surface area contributed by atoms with Crippen LogP contribution in [0.25, 0.3) is 0 Å². The second kappa shape index (κ2) is 4.13. The maximum Gasteiger partial charge on any atom is 0.0793 e. The Hall–Kier alpha value is -0.830. The van der Waals surface area contributed by atoms with E-state index in [1.165, 1.54) is 31.4 Å². The van der Waals surface area contributed by atoms with Gasteiger partial charge < -0.3 is 5.32 Å². The highest BCUT2D eigenvalue weighted by Crippen LogP contribution is 2.35. The van der Waals surface area contributed by atoms with E-state index in [0.717, 1.165) is 5.92 Å². The van der Waals surface area contributed by atoms with Gasteiger partial charge in [0.25, 0.3) is 0 Å². The molecule has 3 nitrogen and oxygen atoms in total. The van der Waals surface area contributed by atoms with Gasteiger partial charge in [-0.2, -0.15) is 5.10 Å². The lowest BCUT2D eigenvalue weighted by Crippen LogP contribution is -2.17. The molecule has 1 saturated carbocycles. The van der Waals surface area contributed by atoms with Crippen LogP contribution in [0.4, 0.5) is 0 Å². The molecule has 0 amide bonds. The van der Waals surface area contributed by atoms with Crippen LogP contribution < -0.4 is 5.32 Å². The van der Waals surface area contributed by atoms with E-state index >= 15 is 0 Å². The van der Waals surface area contributed by atoms with Gasteiger partial charge in [-0.05, 0) is 31.9 Å². The molecule has 0 spiro atoms. The number of nitrogens with zero attached hydrogens (tertiary/aromatic N) is 2. The van der Waals surface area contributed by atoms with Crippen LogP contribution in [0.5, 0.6) is 0 Å². The van der Waals surface area contributed by atoms with Crippen molar-refractivity contribution in [3.63, 3.8) is 0 Å². The van der Waals surface area contributed by atoms with Gasteiger partial charge in [0.1, 0.15) is 0 Å². The number of hydrogen-bond acceptors (Lipinski definition) is 2. The van der Waals surface area contributed by atoms with Crippen LogP contribution in [-0.2, 0) is 7.05 Å². The summed E-state index contributed by atoms with van der Waals surface area (Å²) in [7, 11) is 3.99. The van der Waals surface area contributed by atoms with Crippen molar-refractivity contribution in [2.45, 2.75) is 31.7 Å². The molecule has 1 aromatic rings. The van der Waals surface area contributed by atoms with E-state index in [9.17, 15) is 0 Å². The lowest BCUT2D eigenvalue weighted by molar-refractivity contribution is 0.490. The maximum atomic E-state index is 4.43. The fourth-order valence-corrected chi connectivity index (χ4v) is 1.87. The zero-order valence-electron chi connectivity index (χ0n) is 9.03. The molecule has 14 heavy (non-hydrogen) atoms. The number of hydrogen-bond donors (Lipinski definition) is 1. The van der Waals surface area contributed by atoms with E-state index in [2.05, 4.69) is 16.5 Å². The Morgan fingerprint density at radius 1 is 1.64 bits per heavy atom. The Labute approximate surface area is 85.5 Å². The fourth-order valence-electron chi connectivity index (χ4n) is 1.87. The molecule has 1 aromatic heterocycles. The van der Waals surface area contributed by atoms with E-state index in [4.69, 9.17) is 0 Å². The molecule has 78 valence electrons. The number of aromatic nitrogens is 2. The predicted molar refractivity (Wildman–Crippen MR) is 57.0 cm³/mol. The van der Waals surface area contributed by atoms with Crippen molar-refractivity contribution in [2.24, 2.45) is 13.0 Å². The molecule has 0 saturated heterocycles. The van der Waals surface area contributed by atoms with Crippen molar-refractivity contribution in [2.75, 3.05) is 7.05 Å². The number of rotatable bonds is 5. The molecule has 3 heteroatoms. The molecule has 1 heterocycles. The fraction of sp³-hybridized carbons (Fsp3) is 0.727. The molecule has 1 aliphatic rings. The normalized spacial score (nSPS) is 18.4. The van der Waals surface area contributed by atoms with Crippen molar-refractivity contribution in [3.8, 4) is 0 Å². The molecule has 1 aliphatic carbocycles. The van der Waals surface area contributed by atoms with E-state index in [-0.39, 0.29) is 0 Å². The van der Waals surface area contributed by atoms with Gasteiger partial charge in [-0.25, -0.2) is 0 Å². The predicted octanol–water partition coefficient (Wildman–Crippen LogP) is 1.87. The zero-order chi connectivity index (χ0) is 9.97. The Balaban J connectivity index is 1.90. The summed E-state index contributed by atoms with van der Waals surface area (Å²) in [6, 6.07) is 2.55. The van der Waals surface area contributed by atoms with Gasteiger partial charge in [0.2, 0.25) is 0 Å². The lowest BCUT2D eigenvalue weighted by Gasteiger charge is -2.12. The molecule has 0 bridgehead atoms. The summed E-state index contributed by atoms with van der Waals surface area (Å²) < 4.78 is 1.87. The third-order valence-corrected chi connectivity index (χ3v) is 3.00. The minimum atomic E-state index is 0.441. The summed E-state index contributed by atoms with van der Waals surface area (Å²) in [5.74, 6) is 1.01. The molecule has 1 fully saturated rings. The highest BCUT2D eigenvalue weighted by molar-refractivity contribution is 5.05. The van der Waals surface area contributed by atoms with Crippen LogP contribution in [0, 0.1) is 5.92 Å². The lowest BCUT2D eigenvalue weighted by atomic mass is 10.1. The Morgan fingerprint density at radius 2 is 2.43 bits per heavy atom. The van der Waals surface area contributed by atoms with Gasteiger partial charge >= 0.3 is 0 Å². The van der Waals surface area contributed by atoms with E-state index < -0.39 is 0 Å². The molecule has 1 N–H and O–H groups in total. The van der Waals surface area contributed by atoms with Crippen LogP contribution in [0.3, 0.4) is 0 Å². The average molecular weight is 193 g/mol. The first kappa shape index (κ1) is 9.71. The van der Waals surface area contributed by atoms with E-state index in [0.29, 0.717) is 6.04 Å². The molecular weight excluding hydrogens is 174 g/mol. The first-order valence-corrected chi connectivity index (χ1v) is 5.46. The molecule has 1 atom stereocenters. The SMILES string of the molecule is CNC(CCC1CC1)c1ccn(C)n1. The van der Waals surface area contributed by atoms with Crippen LogP contribution in [0.15, 0.2) is 12.3 Å². The van der Waals surface area contributed by atoms with Gasteiger partial charge in [-0.3, -0.25) is 4.68 Å². The standard InChI is InChI=1S/C11H19N3/c1-12-10(6-5-9-3-4-9)11-7-8-14(2)13-11/h7-10,12H,3-6H2,1-2H3. The molecule has 0 aromatic carbocycles. The smallest absolute Gasteiger partial charge is 0.0793 e. The van der Waals surface area contributed by atoms with Crippen LogP contribution in [0.1, 0.15) is 37.4 Å². The van der Waals surface area contributed by atoms with Gasteiger partial charge in [0, 0.05) is 13.2 Å². The van der Waals surface area contributed by atoms with Gasteiger partial charge in [0.05, 0.1) is 11.7 Å². The summed E-state index contributed by atoms with van der Waals surface area (Å²) in [6.07, 6.45) is 7.47. The van der Waals surface area contributed by atoms with Crippen molar-refractivity contribution in [1.29, 1.82) is 0 Å². The Kier molecular flexibility index (Phi) is 2.87. The third kappa shape index (κ3) is 2.35. The Bertz CT molecular complexity index is 288. The highest BCUT2D eigenvalue weighted by Gasteiger charge is 2.23. The highest BCUT2D eigenvalue weighted by atomic mass is 15.3.